The normalized spacial score (nSPS) is 11.8. The largest absolute Gasteiger partial charge is 0.494 e. The number of halogens is 2. The van der Waals surface area contributed by atoms with Crippen molar-refractivity contribution in [2.24, 2.45) is 0 Å². The van der Waals surface area contributed by atoms with E-state index in [0.29, 0.717) is 33.5 Å². The zero-order valence-electron chi connectivity index (χ0n) is 12.6. The van der Waals surface area contributed by atoms with Gasteiger partial charge in [0.1, 0.15) is 5.75 Å². The zero-order chi connectivity index (χ0) is 16.8. The van der Waals surface area contributed by atoms with Gasteiger partial charge in [-0.05, 0) is 43.3 Å². The van der Waals surface area contributed by atoms with Crippen LogP contribution in [0.5, 0.6) is 5.75 Å². The van der Waals surface area contributed by atoms with Gasteiger partial charge in [-0.15, -0.1) is 0 Å². The number of amides is 1. The lowest BCUT2D eigenvalue weighted by Crippen LogP contribution is -2.28. The zero-order valence-corrected chi connectivity index (χ0v) is 14.1. The molecule has 0 saturated heterocycles. The predicted molar refractivity (Wildman–Crippen MR) is 91.4 cm³/mol. The third-order valence-corrected chi connectivity index (χ3v) is 3.77. The quantitative estimate of drug-likeness (QED) is 0.828. The second-order valence-electron chi connectivity index (χ2n) is 4.85. The van der Waals surface area contributed by atoms with Crippen LogP contribution < -0.4 is 10.1 Å². The summed E-state index contributed by atoms with van der Waals surface area (Å²) in [5, 5.41) is 13.7. The van der Waals surface area contributed by atoms with E-state index in [0.717, 1.165) is 0 Å². The molecule has 1 atom stereocenters. The van der Waals surface area contributed by atoms with Crippen molar-refractivity contribution in [1.82, 2.24) is 5.32 Å². The molecule has 0 aliphatic rings. The van der Waals surface area contributed by atoms with Crippen molar-refractivity contribution in [1.29, 1.82) is 0 Å². The van der Waals surface area contributed by atoms with Crippen LogP contribution in [0.3, 0.4) is 0 Å². The Bertz CT molecular complexity index is 674. The van der Waals surface area contributed by atoms with Gasteiger partial charge in [0.15, 0.2) is 0 Å². The molecule has 23 heavy (non-hydrogen) atoms. The van der Waals surface area contributed by atoms with Gasteiger partial charge in [-0.1, -0.05) is 29.3 Å². The van der Waals surface area contributed by atoms with E-state index < -0.39 is 6.10 Å². The highest BCUT2D eigenvalue weighted by Gasteiger charge is 2.14. The van der Waals surface area contributed by atoms with E-state index in [1.807, 2.05) is 6.92 Å². The second-order valence-corrected chi connectivity index (χ2v) is 5.69. The Morgan fingerprint density at radius 2 is 1.91 bits per heavy atom. The van der Waals surface area contributed by atoms with Gasteiger partial charge in [-0.25, -0.2) is 0 Å². The Kier molecular flexibility index (Phi) is 6.28. The van der Waals surface area contributed by atoms with E-state index >= 15 is 0 Å². The van der Waals surface area contributed by atoms with Gasteiger partial charge < -0.3 is 15.2 Å². The SMILES string of the molecule is CCOc1ccc(C(=O)NCC(O)c2ccc(Cl)cc2Cl)cc1. The van der Waals surface area contributed by atoms with E-state index in [9.17, 15) is 9.90 Å². The topological polar surface area (TPSA) is 58.6 Å². The summed E-state index contributed by atoms with van der Waals surface area (Å²) in [6, 6.07) is 11.6. The fraction of sp³-hybridized carbons (Fsp3) is 0.235. The minimum Gasteiger partial charge on any atom is -0.494 e. The van der Waals surface area contributed by atoms with Crippen LogP contribution in [0, 0.1) is 0 Å². The molecule has 122 valence electrons. The molecule has 0 saturated carbocycles. The molecular formula is C17H17Cl2NO3. The molecule has 0 aliphatic heterocycles. The molecule has 0 heterocycles. The van der Waals surface area contributed by atoms with Crippen LogP contribution in [0.15, 0.2) is 42.5 Å². The molecular weight excluding hydrogens is 337 g/mol. The van der Waals surface area contributed by atoms with Gasteiger partial charge in [-0.2, -0.15) is 0 Å². The highest BCUT2D eigenvalue weighted by atomic mass is 35.5. The summed E-state index contributed by atoms with van der Waals surface area (Å²) in [6.45, 7) is 2.51. The summed E-state index contributed by atoms with van der Waals surface area (Å²) < 4.78 is 5.32. The number of carbonyl (C=O) groups excluding carboxylic acids is 1. The van der Waals surface area contributed by atoms with Crippen LogP contribution in [0.4, 0.5) is 0 Å². The van der Waals surface area contributed by atoms with Crippen LogP contribution >= 0.6 is 23.2 Å². The summed E-state index contributed by atoms with van der Waals surface area (Å²) in [6.07, 6.45) is -0.911. The predicted octanol–water partition coefficient (Wildman–Crippen LogP) is 3.86. The number of ether oxygens (including phenoxy) is 1. The van der Waals surface area contributed by atoms with Crippen LogP contribution in [0.1, 0.15) is 28.9 Å². The fourth-order valence-electron chi connectivity index (χ4n) is 2.04. The fourth-order valence-corrected chi connectivity index (χ4v) is 2.58. The molecule has 0 aliphatic carbocycles. The first-order valence-electron chi connectivity index (χ1n) is 7.15. The molecule has 0 fully saturated rings. The van der Waals surface area contributed by atoms with E-state index in [4.69, 9.17) is 27.9 Å². The summed E-state index contributed by atoms with van der Waals surface area (Å²) in [7, 11) is 0. The van der Waals surface area contributed by atoms with Crippen LogP contribution in [0.2, 0.25) is 10.0 Å². The maximum atomic E-state index is 12.1. The second kappa shape index (κ2) is 8.20. The summed E-state index contributed by atoms with van der Waals surface area (Å²) >= 11 is 11.9. The van der Waals surface area contributed by atoms with Gasteiger partial charge in [0.05, 0.1) is 12.7 Å². The molecule has 2 N–H and O–H groups in total. The average molecular weight is 354 g/mol. The summed E-state index contributed by atoms with van der Waals surface area (Å²) in [4.78, 5) is 12.1. The molecule has 2 aromatic rings. The van der Waals surface area contributed by atoms with E-state index in [-0.39, 0.29) is 12.5 Å². The van der Waals surface area contributed by atoms with Crippen LogP contribution in [0.25, 0.3) is 0 Å². The molecule has 0 radical (unpaired) electrons. The molecule has 4 nitrogen and oxygen atoms in total. The lowest BCUT2D eigenvalue weighted by atomic mass is 10.1. The molecule has 0 aromatic heterocycles. The Balaban J connectivity index is 1.95. The first kappa shape index (κ1) is 17.6. The Morgan fingerprint density at radius 3 is 2.52 bits per heavy atom. The van der Waals surface area contributed by atoms with Gasteiger partial charge >= 0.3 is 0 Å². The standard InChI is InChI=1S/C17H17Cl2NO3/c1-2-23-13-6-3-11(4-7-13)17(22)20-10-16(21)14-8-5-12(18)9-15(14)19/h3-9,16,21H,2,10H2,1H3,(H,20,22). The first-order valence-corrected chi connectivity index (χ1v) is 7.91. The summed E-state index contributed by atoms with van der Waals surface area (Å²) in [5.41, 5.74) is 1.01. The number of rotatable bonds is 6. The molecule has 6 heteroatoms. The monoisotopic (exact) mass is 353 g/mol. The van der Waals surface area contributed by atoms with Crippen molar-refractivity contribution in [2.45, 2.75) is 13.0 Å². The molecule has 1 unspecified atom stereocenters. The Morgan fingerprint density at radius 1 is 1.22 bits per heavy atom. The number of carbonyl (C=O) groups is 1. The molecule has 2 aromatic carbocycles. The molecule has 0 spiro atoms. The number of hydrogen-bond acceptors (Lipinski definition) is 3. The minimum absolute atomic E-state index is 0.0490. The third-order valence-electron chi connectivity index (χ3n) is 3.20. The maximum absolute atomic E-state index is 12.1. The smallest absolute Gasteiger partial charge is 0.251 e. The Labute approximate surface area is 145 Å². The third kappa shape index (κ3) is 4.86. The number of benzene rings is 2. The highest BCUT2D eigenvalue weighted by Crippen LogP contribution is 2.26. The number of hydrogen-bond donors (Lipinski definition) is 2. The summed E-state index contributed by atoms with van der Waals surface area (Å²) in [5.74, 6) is 0.425. The first-order chi connectivity index (χ1) is 11.0. The molecule has 1 amide bonds. The van der Waals surface area contributed by atoms with Gasteiger partial charge in [0, 0.05) is 27.7 Å². The highest BCUT2D eigenvalue weighted by molar-refractivity contribution is 6.35. The molecule has 0 bridgehead atoms. The number of nitrogens with one attached hydrogen (secondary N) is 1. The van der Waals surface area contributed by atoms with Gasteiger partial charge in [0.2, 0.25) is 0 Å². The minimum atomic E-state index is -0.911. The van der Waals surface area contributed by atoms with Gasteiger partial charge in [-0.3, -0.25) is 4.79 Å². The lowest BCUT2D eigenvalue weighted by Gasteiger charge is -2.14. The van der Waals surface area contributed by atoms with Crippen molar-refractivity contribution in [3.63, 3.8) is 0 Å². The molecule has 2 rings (SSSR count). The number of aliphatic hydroxyl groups excluding tert-OH is 1. The van der Waals surface area contributed by atoms with Crippen LogP contribution in [-0.2, 0) is 0 Å². The van der Waals surface area contributed by atoms with Crippen molar-refractivity contribution < 1.29 is 14.6 Å². The van der Waals surface area contributed by atoms with E-state index in [1.54, 1.807) is 42.5 Å². The lowest BCUT2D eigenvalue weighted by molar-refractivity contribution is 0.0916. The van der Waals surface area contributed by atoms with Crippen molar-refractivity contribution in [3.05, 3.63) is 63.6 Å². The van der Waals surface area contributed by atoms with Crippen molar-refractivity contribution in [2.75, 3.05) is 13.2 Å². The average Bonchev–Trinajstić information content (AvgIpc) is 2.53. The maximum Gasteiger partial charge on any atom is 0.251 e. The van der Waals surface area contributed by atoms with E-state index in [1.165, 1.54) is 0 Å². The van der Waals surface area contributed by atoms with Crippen LogP contribution in [-0.4, -0.2) is 24.2 Å². The van der Waals surface area contributed by atoms with Gasteiger partial charge in [0.25, 0.3) is 5.91 Å². The van der Waals surface area contributed by atoms with Crippen molar-refractivity contribution in [3.8, 4) is 5.75 Å². The Hall–Kier alpha value is -1.75. The van der Waals surface area contributed by atoms with E-state index in [2.05, 4.69) is 5.32 Å². The van der Waals surface area contributed by atoms with Crippen molar-refractivity contribution >= 4 is 29.1 Å². The number of aliphatic hydroxyl groups is 1.